The van der Waals surface area contributed by atoms with E-state index in [-0.39, 0.29) is 6.54 Å². The normalized spacial score (nSPS) is 17.3. The Bertz CT molecular complexity index is 530. The van der Waals surface area contributed by atoms with Gasteiger partial charge in [0.15, 0.2) is 11.5 Å². The van der Waals surface area contributed by atoms with Crippen LogP contribution in [0, 0.1) is 0 Å². The lowest BCUT2D eigenvalue weighted by Gasteiger charge is -2.23. The highest BCUT2D eigenvalue weighted by Crippen LogP contribution is 2.37. The van der Waals surface area contributed by atoms with E-state index in [0.29, 0.717) is 25.8 Å². The minimum Gasteiger partial charge on any atom is -0.486 e. The van der Waals surface area contributed by atoms with Gasteiger partial charge in [0.25, 0.3) is 0 Å². The zero-order chi connectivity index (χ0) is 14.1. The minimum absolute atomic E-state index is 0.0749. The monoisotopic (exact) mass is 341 g/mol. The number of carboxylic acids is 1. The molecule has 0 unspecified atom stereocenters. The van der Waals surface area contributed by atoms with Gasteiger partial charge in [0.1, 0.15) is 13.2 Å². The van der Waals surface area contributed by atoms with Gasteiger partial charge in [-0.15, -0.1) is 0 Å². The van der Waals surface area contributed by atoms with Gasteiger partial charge >= 0.3 is 5.97 Å². The molecule has 0 radical (unpaired) electrons. The zero-order valence-electron chi connectivity index (χ0n) is 11.0. The molecule has 0 amide bonds. The number of halogens is 1. The summed E-state index contributed by atoms with van der Waals surface area (Å²) in [5.41, 5.74) is 1.03. The van der Waals surface area contributed by atoms with E-state index >= 15 is 0 Å². The van der Waals surface area contributed by atoms with Crippen LogP contribution in [0.15, 0.2) is 16.6 Å². The van der Waals surface area contributed by atoms with E-state index < -0.39 is 5.97 Å². The molecule has 2 aliphatic rings. The van der Waals surface area contributed by atoms with E-state index in [1.54, 1.807) is 0 Å². The highest BCUT2D eigenvalue weighted by atomic mass is 79.9. The summed E-state index contributed by atoms with van der Waals surface area (Å²) in [5.74, 6) is 0.689. The van der Waals surface area contributed by atoms with Crippen LogP contribution < -0.4 is 9.47 Å². The van der Waals surface area contributed by atoms with E-state index in [4.69, 9.17) is 14.6 Å². The molecule has 3 rings (SSSR count). The molecule has 0 spiro atoms. The Morgan fingerprint density at radius 3 is 2.55 bits per heavy atom. The second kappa shape index (κ2) is 5.61. The van der Waals surface area contributed by atoms with Crippen molar-refractivity contribution in [2.75, 3.05) is 19.8 Å². The van der Waals surface area contributed by atoms with Gasteiger partial charge in [0, 0.05) is 17.1 Å². The van der Waals surface area contributed by atoms with Gasteiger partial charge in [0.05, 0.1) is 6.54 Å². The SMILES string of the molecule is O=C(O)CN(Cc1cc2c(cc1Br)OCCO2)C1CC1. The van der Waals surface area contributed by atoms with E-state index in [0.717, 1.165) is 34.4 Å². The molecule has 5 nitrogen and oxygen atoms in total. The molecule has 108 valence electrons. The van der Waals surface area contributed by atoms with Crippen molar-refractivity contribution in [1.29, 1.82) is 0 Å². The first kappa shape index (κ1) is 13.7. The number of ether oxygens (including phenoxy) is 2. The number of carbonyl (C=O) groups is 1. The highest BCUT2D eigenvalue weighted by molar-refractivity contribution is 9.10. The molecule has 0 aromatic heterocycles. The number of hydrogen-bond donors (Lipinski definition) is 1. The Labute approximate surface area is 125 Å². The molecular weight excluding hydrogens is 326 g/mol. The van der Waals surface area contributed by atoms with Crippen LogP contribution in [0.4, 0.5) is 0 Å². The number of benzene rings is 1. The molecule has 0 atom stereocenters. The Morgan fingerprint density at radius 1 is 1.30 bits per heavy atom. The second-order valence-electron chi connectivity index (χ2n) is 5.12. The van der Waals surface area contributed by atoms with Crippen LogP contribution in [0.3, 0.4) is 0 Å². The summed E-state index contributed by atoms with van der Waals surface area (Å²) in [6, 6.07) is 4.23. The van der Waals surface area contributed by atoms with Crippen molar-refractivity contribution in [1.82, 2.24) is 4.90 Å². The first-order chi connectivity index (χ1) is 9.63. The molecule has 1 heterocycles. The van der Waals surface area contributed by atoms with Crippen molar-refractivity contribution in [3.8, 4) is 11.5 Å². The van der Waals surface area contributed by atoms with E-state index in [1.165, 1.54) is 0 Å². The van der Waals surface area contributed by atoms with Crippen molar-refractivity contribution in [2.24, 2.45) is 0 Å². The van der Waals surface area contributed by atoms with Crippen molar-refractivity contribution < 1.29 is 19.4 Å². The molecule has 20 heavy (non-hydrogen) atoms. The number of nitrogens with zero attached hydrogens (tertiary/aromatic N) is 1. The molecule has 1 fully saturated rings. The third-order valence-corrected chi connectivity index (χ3v) is 4.22. The highest BCUT2D eigenvalue weighted by Gasteiger charge is 2.31. The quantitative estimate of drug-likeness (QED) is 0.890. The molecule has 1 saturated carbocycles. The number of hydrogen-bond acceptors (Lipinski definition) is 4. The van der Waals surface area contributed by atoms with E-state index in [2.05, 4.69) is 15.9 Å². The van der Waals surface area contributed by atoms with Crippen LogP contribution in [0.1, 0.15) is 18.4 Å². The van der Waals surface area contributed by atoms with Crippen LogP contribution in [0.5, 0.6) is 11.5 Å². The lowest BCUT2D eigenvalue weighted by atomic mass is 10.1. The third-order valence-electron chi connectivity index (χ3n) is 3.49. The fraction of sp³-hybridized carbons (Fsp3) is 0.500. The van der Waals surface area contributed by atoms with E-state index in [1.807, 2.05) is 17.0 Å². The lowest BCUT2D eigenvalue weighted by molar-refractivity contribution is -0.138. The van der Waals surface area contributed by atoms with Crippen LogP contribution in [-0.2, 0) is 11.3 Å². The number of carboxylic acid groups (broad SMARTS) is 1. The van der Waals surface area contributed by atoms with Crippen molar-refractivity contribution >= 4 is 21.9 Å². The Balaban J connectivity index is 1.80. The first-order valence-corrected chi connectivity index (χ1v) is 7.46. The maximum absolute atomic E-state index is 11.0. The van der Waals surface area contributed by atoms with E-state index in [9.17, 15) is 4.79 Å². The van der Waals surface area contributed by atoms with Crippen molar-refractivity contribution in [3.05, 3.63) is 22.2 Å². The Kier molecular flexibility index (Phi) is 3.85. The summed E-state index contributed by atoms with van der Waals surface area (Å²) in [5, 5.41) is 9.00. The summed E-state index contributed by atoms with van der Waals surface area (Å²) in [7, 11) is 0. The fourth-order valence-corrected chi connectivity index (χ4v) is 2.82. The molecular formula is C14H16BrNO4. The smallest absolute Gasteiger partial charge is 0.317 e. The van der Waals surface area contributed by atoms with Crippen LogP contribution in [0.2, 0.25) is 0 Å². The topological polar surface area (TPSA) is 59.0 Å². The first-order valence-electron chi connectivity index (χ1n) is 6.67. The predicted molar refractivity (Wildman–Crippen MR) is 76.2 cm³/mol. The molecule has 0 bridgehead atoms. The van der Waals surface area contributed by atoms with Gasteiger partial charge in [-0.05, 0) is 30.5 Å². The maximum Gasteiger partial charge on any atom is 0.317 e. The lowest BCUT2D eigenvalue weighted by Crippen LogP contribution is -2.31. The van der Waals surface area contributed by atoms with Crippen molar-refractivity contribution in [2.45, 2.75) is 25.4 Å². The Hall–Kier alpha value is -1.27. The largest absolute Gasteiger partial charge is 0.486 e. The van der Waals surface area contributed by atoms with Crippen molar-refractivity contribution in [3.63, 3.8) is 0 Å². The summed E-state index contributed by atoms with van der Waals surface area (Å²) < 4.78 is 12.0. The number of aliphatic carboxylic acids is 1. The van der Waals surface area contributed by atoms with Gasteiger partial charge < -0.3 is 14.6 Å². The zero-order valence-corrected chi connectivity index (χ0v) is 12.6. The molecule has 1 aromatic rings. The summed E-state index contributed by atoms with van der Waals surface area (Å²) >= 11 is 3.53. The third kappa shape index (κ3) is 3.07. The molecule has 0 saturated heterocycles. The number of fused-ring (bicyclic) bond motifs is 1. The Morgan fingerprint density at radius 2 is 1.95 bits per heavy atom. The summed E-state index contributed by atoms with van der Waals surface area (Å²) in [6.07, 6.45) is 2.16. The number of rotatable bonds is 5. The average Bonchev–Trinajstić information content (AvgIpc) is 3.22. The van der Waals surface area contributed by atoms with Gasteiger partial charge in [-0.3, -0.25) is 9.69 Å². The molecule has 1 N–H and O–H groups in total. The fourth-order valence-electron chi connectivity index (χ4n) is 2.37. The van der Waals surface area contributed by atoms with Crippen LogP contribution >= 0.6 is 15.9 Å². The van der Waals surface area contributed by atoms with Crippen LogP contribution in [0.25, 0.3) is 0 Å². The van der Waals surface area contributed by atoms with Gasteiger partial charge in [-0.2, -0.15) is 0 Å². The molecule has 1 aromatic carbocycles. The van der Waals surface area contributed by atoms with Gasteiger partial charge in [-0.1, -0.05) is 15.9 Å². The average molecular weight is 342 g/mol. The van der Waals surface area contributed by atoms with Gasteiger partial charge in [0.2, 0.25) is 0 Å². The standard InChI is InChI=1S/C14H16BrNO4/c15-11-6-13-12(19-3-4-20-13)5-9(11)7-16(8-14(17)18)10-1-2-10/h5-6,10H,1-4,7-8H2,(H,17,18). The predicted octanol–water partition coefficient (Wildman–Crippen LogP) is 2.27. The maximum atomic E-state index is 11.0. The molecule has 1 aliphatic heterocycles. The molecule has 6 heteroatoms. The second-order valence-corrected chi connectivity index (χ2v) is 5.97. The van der Waals surface area contributed by atoms with Crippen LogP contribution in [-0.4, -0.2) is 41.8 Å². The minimum atomic E-state index is -0.787. The summed E-state index contributed by atoms with van der Waals surface area (Å²) in [4.78, 5) is 13.0. The van der Waals surface area contributed by atoms with Gasteiger partial charge in [-0.25, -0.2) is 0 Å². The molecule has 1 aliphatic carbocycles. The summed E-state index contributed by atoms with van der Waals surface area (Å²) in [6.45, 7) is 1.79.